The first-order chi connectivity index (χ1) is 24.4. The maximum Gasteiger partial charge on any atom is 0.321 e. The minimum Gasteiger partial charge on any atom is -0.465 e. The summed E-state index contributed by atoms with van der Waals surface area (Å²) in [5, 5.41) is 0. The van der Waals surface area contributed by atoms with Crippen molar-refractivity contribution in [2.75, 3.05) is 33.4 Å². The van der Waals surface area contributed by atoms with Crippen molar-refractivity contribution in [2.45, 2.75) is 24.7 Å². The van der Waals surface area contributed by atoms with Gasteiger partial charge >= 0.3 is 11.9 Å². The summed E-state index contributed by atoms with van der Waals surface area (Å²) < 4.78 is 11.6. The number of carbonyl (C=O) groups is 2. The van der Waals surface area contributed by atoms with Crippen LogP contribution in [-0.4, -0.2) is 70.1 Å². The van der Waals surface area contributed by atoms with Crippen molar-refractivity contribution in [1.29, 1.82) is 0 Å². The molecule has 1 saturated heterocycles. The predicted molar refractivity (Wildman–Crippen MR) is 195 cm³/mol. The molecule has 0 radical (unpaired) electrons. The third-order valence-corrected chi connectivity index (χ3v) is 9.92. The van der Waals surface area contributed by atoms with Crippen molar-refractivity contribution < 1.29 is 19.1 Å². The third-order valence-electron chi connectivity index (χ3n) is 9.92. The van der Waals surface area contributed by atoms with Crippen molar-refractivity contribution in [3.8, 4) is 22.3 Å². The van der Waals surface area contributed by atoms with E-state index in [9.17, 15) is 9.59 Å². The molecule has 0 spiro atoms. The molecule has 0 unspecified atom stereocenters. The molecule has 250 valence electrons. The molecule has 9 heteroatoms. The van der Waals surface area contributed by atoms with E-state index in [0.717, 1.165) is 55.7 Å². The van der Waals surface area contributed by atoms with Gasteiger partial charge in [-0.15, -0.1) is 0 Å². The van der Waals surface area contributed by atoms with Gasteiger partial charge in [0.2, 0.25) is 0 Å². The topological polar surface area (TPSA) is 113 Å². The van der Waals surface area contributed by atoms with Crippen molar-refractivity contribution in [1.82, 2.24) is 24.8 Å². The second kappa shape index (κ2) is 12.3. The zero-order chi connectivity index (χ0) is 34.5. The first-order valence-corrected chi connectivity index (χ1v) is 16.9. The fraction of sp³-hybridized carbons (Fsp3) is 0.220. The highest BCUT2D eigenvalue weighted by molar-refractivity contribution is 6.00. The van der Waals surface area contributed by atoms with E-state index in [4.69, 9.17) is 19.4 Å². The molecular formula is C41H37N5O4. The summed E-state index contributed by atoms with van der Waals surface area (Å²) in [4.78, 5) is 48.3. The van der Waals surface area contributed by atoms with Crippen LogP contribution in [0, 0.1) is 0 Å². The summed E-state index contributed by atoms with van der Waals surface area (Å²) in [5.41, 5.74) is 6.63. The molecule has 0 aliphatic carbocycles. The number of benzene rings is 2. The summed E-state index contributed by atoms with van der Waals surface area (Å²) in [6.45, 7) is 4.32. The molecule has 3 aliphatic rings. The number of hydrogen-bond acceptors (Lipinski definition) is 7. The quantitative estimate of drug-likeness (QED) is 0.183. The number of esters is 2. The van der Waals surface area contributed by atoms with Gasteiger partial charge in [0, 0.05) is 46.3 Å². The molecule has 2 aromatic carbocycles. The number of hydrogen-bond donors (Lipinski definition) is 2. The Morgan fingerprint density at radius 2 is 1.10 bits per heavy atom. The Labute approximate surface area is 289 Å². The Kier molecular flexibility index (Phi) is 7.72. The number of nitrogens with zero attached hydrogens (tertiary/aromatic N) is 3. The average Bonchev–Trinajstić information content (AvgIpc) is 3.95. The number of rotatable bonds is 6. The molecule has 0 saturated carbocycles. The average molecular weight is 664 g/mol. The van der Waals surface area contributed by atoms with Crippen molar-refractivity contribution >= 4 is 46.2 Å². The molecule has 3 aromatic heterocycles. The zero-order valence-corrected chi connectivity index (χ0v) is 28.2. The van der Waals surface area contributed by atoms with Crippen LogP contribution in [0.25, 0.3) is 56.5 Å². The van der Waals surface area contributed by atoms with Gasteiger partial charge in [-0.2, -0.15) is 0 Å². The number of aromatic amines is 2. The smallest absolute Gasteiger partial charge is 0.321 e. The van der Waals surface area contributed by atoms with Gasteiger partial charge in [0.05, 0.1) is 36.0 Å². The van der Waals surface area contributed by atoms with E-state index in [2.05, 4.69) is 46.4 Å². The molecule has 5 aromatic rings. The Morgan fingerprint density at radius 1 is 0.660 bits per heavy atom. The Morgan fingerprint density at radius 3 is 1.52 bits per heavy atom. The monoisotopic (exact) mass is 663 g/mol. The number of H-pyrrole nitrogens is 2. The number of ether oxygens (including phenoxy) is 2. The number of nitrogens with one attached hydrogen (secondary N) is 2. The number of aromatic nitrogens is 4. The van der Waals surface area contributed by atoms with Crippen LogP contribution in [0.1, 0.15) is 36.6 Å². The van der Waals surface area contributed by atoms with Crippen LogP contribution in [0.2, 0.25) is 0 Å². The maximum absolute atomic E-state index is 14.4. The minimum absolute atomic E-state index is 0.157. The van der Waals surface area contributed by atoms with Crippen LogP contribution in [0.15, 0.2) is 97.1 Å². The Hall–Kier alpha value is -5.80. The van der Waals surface area contributed by atoms with E-state index in [-0.39, 0.29) is 26.3 Å². The number of likely N-dealkylation sites (tertiary alicyclic amines) is 1. The van der Waals surface area contributed by atoms with Crippen molar-refractivity contribution in [3.05, 3.63) is 120 Å². The fourth-order valence-corrected chi connectivity index (χ4v) is 7.87. The van der Waals surface area contributed by atoms with Crippen LogP contribution in [0.4, 0.5) is 0 Å². The van der Waals surface area contributed by atoms with Crippen LogP contribution in [-0.2, 0) is 29.9 Å². The van der Waals surface area contributed by atoms with E-state index < -0.39 is 22.8 Å². The second-order valence-corrected chi connectivity index (χ2v) is 12.9. The lowest BCUT2D eigenvalue weighted by Gasteiger charge is -2.35. The number of likely N-dealkylation sites (N-methyl/N-ethyl adjacent to an activating group) is 1. The largest absolute Gasteiger partial charge is 0.465 e. The molecule has 6 heterocycles. The lowest BCUT2D eigenvalue weighted by molar-refractivity contribution is -0.162. The van der Waals surface area contributed by atoms with E-state index in [1.165, 1.54) is 0 Å². The van der Waals surface area contributed by atoms with Gasteiger partial charge in [-0.25, -0.2) is 4.98 Å². The van der Waals surface area contributed by atoms with E-state index in [0.29, 0.717) is 11.4 Å². The molecule has 2 N–H and O–H groups in total. The van der Waals surface area contributed by atoms with Crippen molar-refractivity contribution in [2.24, 2.45) is 0 Å². The SMILES string of the molecule is CCOC(=O)[C@]12CN(C)C[C@@]1(C(=O)OCC)c1cc3ccc([nH]3)c(-c3ccccc3)c3nc(c(-c4ccccc4)c4ccc(cc2n1)[nH]4)C=C3. The van der Waals surface area contributed by atoms with E-state index >= 15 is 0 Å². The summed E-state index contributed by atoms with van der Waals surface area (Å²) >= 11 is 0. The number of fused-ring (bicyclic) bond motifs is 11. The normalized spacial score (nSPS) is 19.7. The van der Waals surface area contributed by atoms with Crippen LogP contribution < -0.4 is 0 Å². The number of carbonyl (C=O) groups excluding carboxylic acids is 2. The molecule has 50 heavy (non-hydrogen) atoms. The lowest BCUT2D eigenvalue weighted by atomic mass is 9.63. The molecule has 8 bridgehead atoms. The predicted octanol–water partition coefficient (Wildman–Crippen LogP) is 7.07. The molecule has 1 fully saturated rings. The highest BCUT2D eigenvalue weighted by Crippen LogP contribution is 2.54. The van der Waals surface area contributed by atoms with E-state index in [1.54, 1.807) is 13.8 Å². The standard InChI is InChI=1S/C41H37N5O4/c1-4-49-38(47)40-24-46(3)25-41(40,39(48)50-5-2)35-23-29-17-19-31(43-29)37(27-14-10-7-11-15-27)33-21-20-32(44-33)36(26-12-8-6-9-13-26)30-18-16-28(42-30)22-34(40)45-35/h6-23,42-43H,4-5,24-25H2,1-3H3/t40-,41+. The molecule has 2 atom stereocenters. The highest BCUT2D eigenvalue weighted by atomic mass is 16.5. The van der Waals surface area contributed by atoms with Crippen LogP contribution in [0.5, 0.6) is 0 Å². The Bertz CT molecular complexity index is 2170. The zero-order valence-electron chi connectivity index (χ0n) is 28.2. The van der Waals surface area contributed by atoms with Gasteiger partial charge in [0.25, 0.3) is 0 Å². The molecule has 0 amide bonds. The first kappa shape index (κ1) is 31.5. The maximum atomic E-state index is 14.4. The second-order valence-electron chi connectivity index (χ2n) is 12.9. The summed E-state index contributed by atoms with van der Waals surface area (Å²) in [6, 6.07) is 32.0. The van der Waals surface area contributed by atoms with Crippen LogP contribution >= 0.6 is 0 Å². The summed E-state index contributed by atoms with van der Waals surface area (Å²) in [7, 11) is 1.91. The van der Waals surface area contributed by atoms with Gasteiger partial charge < -0.3 is 24.3 Å². The van der Waals surface area contributed by atoms with Gasteiger partial charge in [-0.05, 0) is 80.6 Å². The first-order valence-electron chi connectivity index (χ1n) is 16.9. The summed E-state index contributed by atoms with van der Waals surface area (Å²) in [5.74, 6) is -1.01. The summed E-state index contributed by atoms with van der Waals surface area (Å²) in [6.07, 6.45) is 4.11. The fourth-order valence-electron chi connectivity index (χ4n) is 7.87. The highest BCUT2D eigenvalue weighted by Gasteiger charge is 2.73. The molecular weight excluding hydrogens is 626 g/mol. The van der Waals surface area contributed by atoms with Gasteiger partial charge in [-0.1, -0.05) is 60.7 Å². The van der Waals surface area contributed by atoms with E-state index in [1.807, 2.05) is 84.7 Å². The lowest BCUT2D eigenvalue weighted by Crippen LogP contribution is -2.56. The van der Waals surface area contributed by atoms with Gasteiger partial charge in [-0.3, -0.25) is 14.6 Å². The molecule has 9 nitrogen and oxygen atoms in total. The van der Waals surface area contributed by atoms with Gasteiger partial charge in [0.15, 0.2) is 0 Å². The Balaban J connectivity index is 1.54. The van der Waals surface area contributed by atoms with Gasteiger partial charge in [0.1, 0.15) is 10.8 Å². The minimum atomic E-state index is -1.44. The van der Waals surface area contributed by atoms with Crippen molar-refractivity contribution in [3.63, 3.8) is 0 Å². The molecule has 8 rings (SSSR count). The third kappa shape index (κ3) is 4.80. The van der Waals surface area contributed by atoms with Crippen LogP contribution in [0.3, 0.4) is 0 Å². The molecule has 3 aliphatic heterocycles.